The van der Waals surface area contributed by atoms with Crippen LogP contribution in [0.4, 0.5) is 0 Å². The molecular weight excluding hydrogens is 470 g/mol. The lowest BCUT2D eigenvalue weighted by Gasteiger charge is -2.38. The number of sulfonamides is 1. The summed E-state index contributed by atoms with van der Waals surface area (Å²) in [5, 5.41) is 0. The number of carbonyl (C=O) groups is 1. The fourth-order valence-corrected chi connectivity index (χ4v) is 7.31. The molecule has 2 fully saturated rings. The fourth-order valence-electron chi connectivity index (χ4n) is 4.88. The zero-order valence-corrected chi connectivity index (χ0v) is 20.6. The summed E-state index contributed by atoms with van der Waals surface area (Å²) in [4.78, 5) is 21.4. The number of nitrogens with zero attached hydrogens (tertiary/aromatic N) is 3. The van der Waals surface area contributed by atoms with E-state index in [1.807, 2.05) is 35.2 Å². The third kappa shape index (κ3) is 4.35. The molecule has 9 heteroatoms. The molecule has 2 aliphatic heterocycles. The van der Waals surface area contributed by atoms with E-state index in [-0.39, 0.29) is 16.2 Å². The summed E-state index contributed by atoms with van der Waals surface area (Å²) in [5.74, 6) is 0.578. The molecule has 4 heterocycles. The van der Waals surface area contributed by atoms with Crippen molar-refractivity contribution in [3.8, 4) is 16.3 Å². The number of methoxy groups -OCH3 is 1. The third-order valence-corrected chi connectivity index (χ3v) is 9.91. The predicted octanol–water partition coefficient (Wildman–Crippen LogP) is 4.14. The Labute approximate surface area is 204 Å². The topological polar surface area (TPSA) is 79.8 Å². The number of piperidine rings is 1. The predicted molar refractivity (Wildman–Crippen MR) is 131 cm³/mol. The van der Waals surface area contributed by atoms with Gasteiger partial charge in [-0.05, 0) is 61.1 Å². The maximum absolute atomic E-state index is 13.2. The molecule has 5 rings (SSSR count). The highest BCUT2D eigenvalue weighted by Crippen LogP contribution is 2.42. The summed E-state index contributed by atoms with van der Waals surface area (Å²) >= 11 is 1.47. The van der Waals surface area contributed by atoms with Crippen molar-refractivity contribution < 1.29 is 17.9 Å². The van der Waals surface area contributed by atoms with Gasteiger partial charge in [0.25, 0.3) is 5.91 Å². The Balaban J connectivity index is 1.23. The number of pyridine rings is 1. The first kappa shape index (κ1) is 23.0. The Morgan fingerprint density at radius 3 is 2.56 bits per heavy atom. The maximum Gasteiger partial charge on any atom is 0.263 e. The van der Waals surface area contributed by atoms with E-state index < -0.39 is 10.0 Å². The molecule has 1 amide bonds. The van der Waals surface area contributed by atoms with Crippen molar-refractivity contribution in [2.24, 2.45) is 5.41 Å². The van der Waals surface area contributed by atoms with Crippen LogP contribution in [0.2, 0.25) is 0 Å². The molecule has 178 valence electrons. The van der Waals surface area contributed by atoms with Gasteiger partial charge >= 0.3 is 0 Å². The summed E-state index contributed by atoms with van der Waals surface area (Å²) in [7, 11) is -2.04. The lowest BCUT2D eigenvalue weighted by atomic mass is 9.78. The van der Waals surface area contributed by atoms with Crippen LogP contribution in [0.1, 0.15) is 28.9 Å². The van der Waals surface area contributed by atoms with Gasteiger partial charge < -0.3 is 9.64 Å². The van der Waals surface area contributed by atoms with Crippen LogP contribution >= 0.6 is 11.3 Å². The Morgan fingerprint density at radius 1 is 1.03 bits per heavy atom. The molecule has 1 aromatic carbocycles. The molecule has 7 nitrogen and oxygen atoms in total. The SMILES string of the molecule is COc1cccc(S(=O)(=O)N2CCC3(CCN(C(=O)c4ccc(-c5ccccn5)s4)C3)CC2)c1. The van der Waals surface area contributed by atoms with Gasteiger partial charge in [-0.25, -0.2) is 8.42 Å². The summed E-state index contributed by atoms with van der Waals surface area (Å²) in [6.45, 7) is 2.31. The van der Waals surface area contributed by atoms with Crippen molar-refractivity contribution in [2.45, 2.75) is 24.2 Å². The number of amides is 1. The highest BCUT2D eigenvalue weighted by atomic mass is 32.2. The van der Waals surface area contributed by atoms with Crippen LogP contribution in [0.3, 0.4) is 0 Å². The highest BCUT2D eigenvalue weighted by molar-refractivity contribution is 7.89. The molecule has 0 saturated carbocycles. The number of benzene rings is 1. The first-order valence-electron chi connectivity index (χ1n) is 11.4. The molecule has 0 unspecified atom stereocenters. The molecule has 1 spiro atoms. The first-order chi connectivity index (χ1) is 16.4. The van der Waals surface area contributed by atoms with Gasteiger partial charge in [0.15, 0.2) is 0 Å². The highest BCUT2D eigenvalue weighted by Gasteiger charge is 2.44. The number of ether oxygens (including phenoxy) is 1. The van der Waals surface area contributed by atoms with E-state index in [4.69, 9.17) is 4.74 Å². The lowest BCUT2D eigenvalue weighted by molar-refractivity contribution is 0.0755. The minimum Gasteiger partial charge on any atom is -0.497 e. The van der Waals surface area contributed by atoms with Gasteiger partial charge in [0.1, 0.15) is 5.75 Å². The zero-order chi connectivity index (χ0) is 23.8. The second kappa shape index (κ2) is 9.13. The quantitative estimate of drug-likeness (QED) is 0.529. The van der Waals surface area contributed by atoms with E-state index in [1.165, 1.54) is 18.4 Å². The van der Waals surface area contributed by atoms with E-state index >= 15 is 0 Å². The van der Waals surface area contributed by atoms with E-state index in [0.717, 1.165) is 34.7 Å². The van der Waals surface area contributed by atoms with Gasteiger partial charge in [-0.15, -0.1) is 11.3 Å². The monoisotopic (exact) mass is 497 g/mol. The molecule has 0 N–H and O–H groups in total. The molecule has 0 bridgehead atoms. The average Bonchev–Trinajstić information content (AvgIpc) is 3.53. The number of hydrogen-bond donors (Lipinski definition) is 0. The summed E-state index contributed by atoms with van der Waals surface area (Å²) < 4.78 is 33.0. The number of rotatable bonds is 5. The molecule has 2 aromatic heterocycles. The second-order valence-corrected chi connectivity index (χ2v) is 12.0. The van der Waals surface area contributed by atoms with E-state index in [9.17, 15) is 13.2 Å². The molecule has 0 aliphatic carbocycles. The largest absolute Gasteiger partial charge is 0.497 e. The van der Waals surface area contributed by atoms with Crippen molar-refractivity contribution in [3.63, 3.8) is 0 Å². The van der Waals surface area contributed by atoms with Crippen molar-refractivity contribution in [3.05, 3.63) is 65.7 Å². The Kier molecular flexibility index (Phi) is 6.18. The minimum atomic E-state index is -3.57. The zero-order valence-electron chi connectivity index (χ0n) is 19.0. The van der Waals surface area contributed by atoms with Gasteiger partial charge in [-0.2, -0.15) is 4.31 Å². The summed E-state index contributed by atoms with van der Waals surface area (Å²) in [6.07, 6.45) is 4.17. The van der Waals surface area contributed by atoms with Gasteiger partial charge in [0.2, 0.25) is 10.0 Å². The first-order valence-corrected chi connectivity index (χ1v) is 13.6. The molecule has 2 saturated heterocycles. The summed E-state index contributed by atoms with van der Waals surface area (Å²) in [5.41, 5.74) is 0.853. The molecule has 0 radical (unpaired) electrons. The van der Waals surface area contributed by atoms with E-state index in [1.54, 1.807) is 34.8 Å². The fraction of sp³-hybridized carbons (Fsp3) is 0.360. The molecule has 34 heavy (non-hydrogen) atoms. The number of hydrogen-bond acceptors (Lipinski definition) is 6. The van der Waals surface area contributed by atoms with Gasteiger partial charge in [0, 0.05) is 38.4 Å². The Morgan fingerprint density at radius 2 is 1.82 bits per heavy atom. The van der Waals surface area contributed by atoms with Crippen LogP contribution in [0.25, 0.3) is 10.6 Å². The normalized spacial score (nSPS) is 18.3. The Bertz CT molecular complexity index is 1280. The van der Waals surface area contributed by atoms with Crippen molar-refractivity contribution in [1.82, 2.24) is 14.2 Å². The number of likely N-dealkylation sites (tertiary alicyclic amines) is 1. The average molecular weight is 498 g/mol. The smallest absolute Gasteiger partial charge is 0.263 e. The summed E-state index contributed by atoms with van der Waals surface area (Å²) in [6, 6.07) is 16.2. The lowest BCUT2D eigenvalue weighted by Crippen LogP contribution is -2.44. The van der Waals surface area contributed by atoms with Crippen LogP contribution in [-0.2, 0) is 10.0 Å². The van der Waals surface area contributed by atoms with Crippen molar-refractivity contribution >= 4 is 27.3 Å². The second-order valence-electron chi connectivity index (χ2n) is 8.94. The third-order valence-electron chi connectivity index (χ3n) is 6.92. The van der Waals surface area contributed by atoms with E-state index in [2.05, 4.69) is 4.98 Å². The van der Waals surface area contributed by atoms with Crippen molar-refractivity contribution in [1.29, 1.82) is 0 Å². The van der Waals surface area contributed by atoms with Crippen LogP contribution < -0.4 is 4.74 Å². The van der Waals surface area contributed by atoms with Crippen LogP contribution in [0.15, 0.2) is 65.7 Å². The van der Waals surface area contributed by atoms with Crippen molar-refractivity contribution in [2.75, 3.05) is 33.3 Å². The number of thiophene rings is 1. The van der Waals surface area contributed by atoms with Crippen LogP contribution in [0, 0.1) is 5.41 Å². The van der Waals surface area contributed by atoms with Crippen LogP contribution in [-0.4, -0.2) is 61.8 Å². The van der Waals surface area contributed by atoms with Gasteiger partial charge in [-0.3, -0.25) is 9.78 Å². The molecule has 3 aromatic rings. The number of carbonyl (C=O) groups excluding carboxylic acids is 1. The van der Waals surface area contributed by atoms with Gasteiger partial charge in [-0.1, -0.05) is 12.1 Å². The molecular formula is C25H27N3O4S2. The standard InChI is InChI=1S/C25H27N3O4S2/c1-32-19-5-4-6-20(17-19)34(30,31)28-15-11-25(12-16-28)10-14-27(18-25)24(29)23-9-8-22(33-23)21-7-2-3-13-26-21/h2-9,13,17H,10-12,14-16,18H2,1H3. The maximum atomic E-state index is 13.2. The molecule has 0 atom stereocenters. The minimum absolute atomic E-state index is 0.0167. The van der Waals surface area contributed by atoms with Gasteiger partial charge in [0.05, 0.1) is 27.5 Å². The molecule has 2 aliphatic rings. The number of aromatic nitrogens is 1. The van der Waals surface area contributed by atoms with Crippen LogP contribution in [0.5, 0.6) is 5.75 Å². The van der Waals surface area contributed by atoms with E-state index in [0.29, 0.717) is 31.9 Å². The Hall–Kier alpha value is -2.75.